The van der Waals surface area contributed by atoms with E-state index in [1.165, 1.54) is 12.8 Å². The summed E-state index contributed by atoms with van der Waals surface area (Å²) in [7, 11) is 0. The molecule has 0 saturated heterocycles. The highest BCUT2D eigenvalue weighted by molar-refractivity contribution is 5.16. The third kappa shape index (κ3) is 2.63. The minimum atomic E-state index is 0.182. The normalized spacial score (nSPS) is 34.6. The largest absolute Gasteiger partial charge is 0.501 e. The Bertz CT molecular complexity index is 319. The van der Waals surface area contributed by atoms with Crippen LogP contribution in [0.25, 0.3) is 0 Å². The average Bonchev–Trinajstić information content (AvgIpc) is 2.90. The molecule has 0 N–H and O–H groups in total. The van der Waals surface area contributed by atoms with Crippen LogP contribution < -0.4 is 0 Å². The number of hydrogen-bond donors (Lipinski definition) is 0. The Hall–Kier alpha value is -1.02. The van der Waals surface area contributed by atoms with Gasteiger partial charge >= 0.3 is 0 Å². The van der Waals surface area contributed by atoms with E-state index in [-0.39, 0.29) is 5.41 Å². The molecule has 2 rings (SSSR count). The maximum atomic E-state index is 5.70. The smallest absolute Gasteiger partial charge is 0.0957 e. The first-order chi connectivity index (χ1) is 8.30. The van der Waals surface area contributed by atoms with Crippen molar-refractivity contribution in [2.45, 2.75) is 19.8 Å². The van der Waals surface area contributed by atoms with Crippen LogP contribution in [0.4, 0.5) is 0 Å². The van der Waals surface area contributed by atoms with E-state index in [4.69, 9.17) is 9.47 Å². The number of rotatable bonds is 7. The topological polar surface area (TPSA) is 18.5 Å². The Balaban J connectivity index is 1.96. The minimum Gasteiger partial charge on any atom is -0.501 e. The molecule has 2 heteroatoms. The third-order valence-electron chi connectivity index (χ3n) is 3.86. The minimum absolute atomic E-state index is 0.182. The monoisotopic (exact) mass is 234 g/mol. The second-order valence-corrected chi connectivity index (χ2v) is 5.14. The molecule has 2 nitrogen and oxygen atoms in total. The van der Waals surface area contributed by atoms with Crippen LogP contribution in [0.5, 0.6) is 0 Å². The lowest BCUT2D eigenvalue weighted by molar-refractivity contribution is -0.00549. The van der Waals surface area contributed by atoms with E-state index < -0.39 is 0 Å². The van der Waals surface area contributed by atoms with Crippen LogP contribution in [0.1, 0.15) is 19.8 Å². The molecule has 1 saturated carbocycles. The molecule has 0 heterocycles. The van der Waals surface area contributed by atoms with Gasteiger partial charge in [-0.15, -0.1) is 6.58 Å². The molecule has 0 radical (unpaired) electrons. The van der Waals surface area contributed by atoms with Crippen molar-refractivity contribution in [1.82, 2.24) is 0 Å². The lowest BCUT2D eigenvalue weighted by Crippen LogP contribution is -2.36. The Labute approximate surface area is 104 Å². The lowest BCUT2D eigenvalue weighted by Gasteiger charge is -2.34. The Morgan fingerprint density at radius 2 is 2.29 bits per heavy atom. The van der Waals surface area contributed by atoms with Gasteiger partial charge in [0.15, 0.2) is 0 Å². The number of hydrogen-bond acceptors (Lipinski definition) is 2. The molecule has 0 amide bonds. The van der Waals surface area contributed by atoms with Gasteiger partial charge in [-0.3, -0.25) is 0 Å². The molecule has 17 heavy (non-hydrogen) atoms. The number of allylic oxidation sites excluding steroid dienone is 3. The molecule has 0 spiro atoms. The Kier molecular flexibility index (Phi) is 4.06. The van der Waals surface area contributed by atoms with Gasteiger partial charge in [-0.05, 0) is 31.6 Å². The van der Waals surface area contributed by atoms with Crippen molar-refractivity contribution in [3.05, 3.63) is 37.1 Å². The zero-order chi connectivity index (χ0) is 12.1. The summed E-state index contributed by atoms with van der Waals surface area (Å²) in [6, 6.07) is 0. The molecule has 2 bridgehead atoms. The molecule has 3 unspecified atom stereocenters. The van der Waals surface area contributed by atoms with Gasteiger partial charge in [0, 0.05) is 5.41 Å². The van der Waals surface area contributed by atoms with Gasteiger partial charge in [0.1, 0.15) is 0 Å². The van der Waals surface area contributed by atoms with Crippen molar-refractivity contribution in [2.75, 3.05) is 19.8 Å². The van der Waals surface area contributed by atoms with E-state index in [0.29, 0.717) is 12.5 Å². The van der Waals surface area contributed by atoms with E-state index >= 15 is 0 Å². The molecular formula is C15H22O2. The molecule has 3 atom stereocenters. The van der Waals surface area contributed by atoms with Gasteiger partial charge < -0.3 is 9.47 Å². The van der Waals surface area contributed by atoms with Crippen molar-refractivity contribution in [2.24, 2.45) is 17.3 Å². The molecule has 0 aromatic carbocycles. The summed E-state index contributed by atoms with van der Waals surface area (Å²) in [5, 5.41) is 0. The lowest BCUT2D eigenvalue weighted by atomic mass is 9.77. The van der Waals surface area contributed by atoms with Crippen LogP contribution in [0.3, 0.4) is 0 Å². The van der Waals surface area contributed by atoms with Gasteiger partial charge in [-0.1, -0.05) is 24.3 Å². The summed E-state index contributed by atoms with van der Waals surface area (Å²) in [6.07, 6.45) is 12.7. The Morgan fingerprint density at radius 1 is 1.41 bits per heavy atom. The SMILES string of the molecule is C=CCOCC1(COC=CC)CC2C=CC1C2. The number of fused-ring (bicyclic) bond motifs is 2. The quantitative estimate of drug-likeness (QED) is 0.382. The van der Waals surface area contributed by atoms with Gasteiger partial charge in [0.05, 0.1) is 26.1 Å². The van der Waals surface area contributed by atoms with Crippen molar-refractivity contribution >= 4 is 0 Å². The van der Waals surface area contributed by atoms with Crippen LogP contribution >= 0.6 is 0 Å². The first-order valence-electron chi connectivity index (χ1n) is 6.40. The summed E-state index contributed by atoms with van der Waals surface area (Å²) < 4.78 is 11.3. The van der Waals surface area contributed by atoms with E-state index in [1.54, 1.807) is 6.26 Å². The third-order valence-corrected chi connectivity index (χ3v) is 3.86. The maximum absolute atomic E-state index is 5.70. The fraction of sp³-hybridized carbons (Fsp3) is 0.600. The molecule has 0 aliphatic heterocycles. The summed E-state index contributed by atoms with van der Waals surface area (Å²) in [5.41, 5.74) is 0.182. The molecule has 2 aliphatic rings. The zero-order valence-electron chi connectivity index (χ0n) is 10.6. The molecule has 2 aliphatic carbocycles. The van der Waals surface area contributed by atoms with Gasteiger partial charge in [-0.2, -0.15) is 0 Å². The zero-order valence-corrected chi connectivity index (χ0v) is 10.6. The van der Waals surface area contributed by atoms with Crippen molar-refractivity contribution in [1.29, 1.82) is 0 Å². The van der Waals surface area contributed by atoms with E-state index in [0.717, 1.165) is 19.1 Å². The fourth-order valence-electron chi connectivity index (χ4n) is 3.08. The van der Waals surface area contributed by atoms with E-state index in [1.807, 2.05) is 19.1 Å². The highest BCUT2D eigenvalue weighted by Gasteiger charge is 2.48. The molecule has 94 valence electrons. The summed E-state index contributed by atoms with van der Waals surface area (Å²) in [6.45, 7) is 7.84. The second kappa shape index (κ2) is 5.54. The van der Waals surface area contributed by atoms with Crippen molar-refractivity contribution < 1.29 is 9.47 Å². The molecule has 0 aromatic heterocycles. The first-order valence-corrected chi connectivity index (χ1v) is 6.40. The highest BCUT2D eigenvalue weighted by atomic mass is 16.5. The van der Waals surface area contributed by atoms with E-state index in [2.05, 4.69) is 18.7 Å². The number of ether oxygens (including phenoxy) is 2. The van der Waals surface area contributed by atoms with Crippen LogP contribution in [0.2, 0.25) is 0 Å². The summed E-state index contributed by atoms with van der Waals surface area (Å²) in [5.74, 6) is 1.36. The molecule has 0 aromatic rings. The molecule has 1 fully saturated rings. The average molecular weight is 234 g/mol. The predicted octanol–water partition coefficient (Wildman–Crippen LogP) is 3.32. The summed E-state index contributed by atoms with van der Waals surface area (Å²) in [4.78, 5) is 0. The van der Waals surface area contributed by atoms with Crippen LogP contribution in [0.15, 0.2) is 37.1 Å². The van der Waals surface area contributed by atoms with Gasteiger partial charge in [-0.25, -0.2) is 0 Å². The van der Waals surface area contributed by atoms with Crippen LogP contribution in [-0.4, -0.2) is 19.8 Å². The summed E-state index contributed by atoms with van der Waals surface area (Å²) >= 11 is 0. The van der Waals surface area contributed by atoms with E-state index in [9.17, 15) is 0 Å². The standard InChI is InChI=1S/C15H22O2/c1-3-7-16-11-15(12-17-8-4-2)10-13-5-6-14(15)9-13/h3-6,8,13-14H,1,7,9-12H2,2H3. The maximum Gasteiger partial charge on any atom is 0.0957 e. The predicted molar refractivity (Wildman–Crippen MR) is 69.6 cm³/mol. The first kappa shape index (κ1) is 12.4. The van der Waals surface area contributed by atoms with Crippen molar-refractivity contribution in [3.8, 4) is 0 Å². The Morgan fingerprint density at radius 3 is 2.88 bits per heavy atom. The van der Waals surface area contributed by atoms with Crippen LogP contribution in [-0.2, 0) is 9.47 Å². The molecular weight excluding hydrogens is 212 g/mol. The van der Waals surface area contributed by atoms with Gasteiger partial charge in [0.2, 0.25) is 0 Å². The van der Waals surface area contributed by atoms with Gasteiger partial charge in [0.25, 0.3) is 0 Å². The van der Waals surface area contributed by atoms with Crippen molar-refractivity contribution in [3.63, 3.8) is 0 Å². The van der Waals surface area contributed by atoms with Crippen LogP contribution in [0, 0.1) is 17.3 Å². The fourth-order valence-corrected chi connectivity index (χ4v) is 3.08. The second-order valence-electron chi connectivity index (χ2n) is 5.14. The highest BCUT2D eigenvalue weighted by Crippen LogP contribution is 2.52.